The van der Waals surface area contributed by atoms with Gasteiger partial charge in [-0.05, 0) is 18.3 Å². The van der Waals surface area contributed by atoms with Crippen molar-refractivity contribution in [1.82, 2.24) is 0 Å². The number of aliphatic imine (C=N–C) groups is 1. The SMILES string of the molecule is CCC1OC2OC(C)=NC2C(C)C1C. The van der Waals surface area contributed by atoms with Gasteiger partial charge in [0.2, 0.25) is 6.29 Å². The van der Waals surface area contributed by atoms with Gasteiger partial charge in [0.15, 0.2) is 5.90 Å². The van der Waals surface area contributed by atoms with Crippen LogP contribution in [0.25, 0.3) is 0 Å². The van der Waals surface area contributed by atoms with Crippen LogP contribution in [0, 0.1) is 11.8 Å². The molecule has 2 aliphatic heterocycles. The molecule has 5 unspecified atom stereocenters. The third-order valence-corrected chi connectivity index (χ3v) is 3.56. The maximum atomic E-state index is 5.88. The molecular weight excluding hydrogens is 178 g/mol. The fourth-order valence-electron chi connectivity index (χ4n) is 2.43. The molecule has 5 atom stereocenters. The van der Waals surface area contributed by atoms with Gasteiger partial charge in [0.25, 0.3) is 0 Å². The zero-order valence-corrected chi connectivity index (χ0v) is 9.36. The highest BCUT2D eigenvalue weighted by Crippen LogP contribution is 2.36. The minimum atomic E-state index is -0.119. The van der Waals surface area contributed by atoms with Crippen LogP contribution in [0.4, 0.5) is 0 Å². The fraction of sp³-hybridized carbons (Fsp3) is 0.909. The lowest BCUT2D eigenvalue weighted by Crippen LogP contribution is -2.46. The van der Waals surface area contributed by atoms with Gasteiger partial charge in [-0.1, -0.05) is 20.8 Å². The topological polar surface area (TPSA) is 30.8 Å². The van der Waals surface area contributed by atoms with E-state index in [9.17, 15) is 0 Å². The van der Waals surface area contributed by atoms with Crippen LogP contribution in [0.3, 0.4) is 0 Å². The number of nitrogens with zero attached hydrogens (tertiary/aromatic N) is 1. The minimum absolute atomic E-state index is 0.119. The van der Waals surface area contributed by atoms with Gasteiger partial charge in [0.1, 0.15) is 6.04 Å². The van der Waals surface area contributed by atoms with Gasteiger partial charge < -0.3 is 9.47 Å². The van der Waals surface area contributed by atoms with E-state index < -0.39 is 0 Å². The minimum Gasteiger partial charge on any atom is -0.450 e. The normalized spacial score (nSPS) is 46.9. The number of hydrogen-bond donors (Lipinski definition) is 0. The molecule has 0 aromatic heterocycles. The Bertz CT molecular complexity index is 252. The highest BCUT2D eigenvalue weighted by atomic mass is 16.7. The number of hydrogen-bond acceptors (Lipinski definition) is 3. The van der Waals surface area contributed by atoms with Gasteiger partial charge in [0.05, 0.1) is 6.10 Å². The molecule has 80 valence electrons. The summed E-state index contributed by atoms with van der Waals surface area (Å²) in [6, 6.07) is 0.216. The lowest BCUT2D eigenvalue weighted by molar-refractivity contribution is -0.186. The molecule has 2 heterocycles. The molecule has 0 N–H and O–H groups in total. The van der Waals surface area contributed by atoms with E-state index in [-0.39, 0.29) is 12.3 Å². The summed E-state index contributed by atoms with van der Waals surface area (Å²) in [6.07, 6.45) is 1.26. The lowest BCUT2D eigenvalue weighted by atomic mass is 9.82. The molecule has 0 spiro atoms. The highest BCUT2D eigenvalue weighted by Gasteiger charge is 2.44. The Balaban J connectivity index is 2.14. The number of ether oxygens (including phenoxy) is 2. The van der Waals surface area contributed by atoms with E-state index in [1.54, 1.807) is 0 Å². The highest BCUT2D eigenvalue weighted by molar-refractivity contribution is 5.75. The van der Waals surface area contributed by atoms with Crippen LogP contribution in [0.2, 0.25) is 0 Å². The van der Waals surface area contributed by atoms with Crippen molar-refractivity contribution in [3.63, 3.8) is 0 Å². The number of rotatable bonds is 1. The van der Waals surface area contributed by atoms with Crippen LogP contribution < -0.4 is 0 Å². The van der Waals surface area contributed by atoms with E-state index in [4.69, 9.17) is 9.47 Å². The van der Waals surface area contributed by atoms with Crippen LogP contribution in [0.1, 0.15) is 34.1 Å². The van der Waals surface area contributed by atoms with E-state index >= 15 is 0 Å². The van der Waals surface area contributed by atoms with Gasteiger partial charge in [-0.25, -0.2) is 4.99 Å². The van der Waals surface area contributed by atoms with Crippen molar-refractivity contribution in [3.8, 4) is 0 Å². The average molecular weight is 197 g/mol. The second kappa shape index (κ2) is 3.54. The molecule has 2 rings (SSSR count). The summed E-state index contributed by atoms with van der Waals surface area (Å²) in [4.78, 5) is 4.48. The molecule has 0 bridgehead atoms. The largest absolute Gasteiger partial charge is 0.450 e. The van der Waals surface area contributed by atoms with E-state index in [1.807, 2.05) is 6.92 Å². The van der Waals surface area contributed by atoms with E-state index in [0.717, 1.165) is 12.3 Å². The van der Waals surface area contributed by atoms with Crippen LogP contribution in [-0.2, 0) is 9.47 Å². The molecule has 14 heavy (non-hydrogen) atoms. The molecule has 1 fully saturated rings. The maximum Gasteiger partial charge on any atom is 0.224 e. The zero-order valence-electron chi connectivity index (χ0n) is 9.36. The molecule has 0 radical (unpaired) electrons. The molecule has 3 heteroatoms. The zero-order chi connectivity index (χ0) is 10.3. The van der Waals surface area contributed by atoms with Crippen LogP contribution >= 0.6 is 0 Å². The standard InChI is InChI=1S/C11H19NO2/c1-5-9-6(2)7(3)10-11(14-9)13-8(4)12-10/h6-7,9-11H,5H2,1-4H3. The molecule has 1 saturated heterocycles. The first-order valence-electron chi connectivity index (χ1n) is 5.50. The molecule has 3 nitrogen and oxygen atoms in total. The Morgan fingerprint density at radius 2 is 2.00 bits per heavy atom. The quantitative estimate of drug-likeness (QED) is 0.645. The van der Waals surface area contributed by atoms with Crippen molar-refractivity contribution in [2.75, 3.05) is 0 Å². The molecule has 0 aromatic carbocycles. The van der Waals surface area contributed by atoms with Crippen LogP contribution in [0.5, 0.6) is 0 Å². The Kier molecular flexibility index (Phi) is 2.52. The predicted molar refractivity (Wildman–Crippen MR) is 55.3 cm³/mol. The average Bonchev–Trinajstić information content (AvgIpc) is 2.52. The fourth-order valence-corrected chi connectivity index (χ4v) is 2.43. The van der Waals surface area contributed by atoms with Crippen molar-refractivity contribution in [1.29, 1.82) is 0 Å². The smallest absolute Gasteiger partial charge is 0.224 e. The Morgan fingerprint density at radius 1 is 1.29 bits per heavy atom. The lowest BCUT2D eigenvalue weighted by Gasteiger charge is -2.39. The summed E-state index contributed by atoms with van der Waals surface area (Å²) in [6.45, 7) is 8.56. The molecule has 0 aromatic rings. The summed E-state index contributed by atoms with van der Waals surface area (Å²) in [7, 11) is 0. The predicted octanol–water partition coefficient (Wildman–Crippen LogP) is 2.21. The third-order valence-electron chi connectivity index (χ3n) is 3.56. The van der Waals surface area contributed by atoms with Gasteiger partial charge in [-0.2, -0.15) is 0 Å². The van der Waals surface area contributed by atoms with Crippen molar-refractivity contribution in [2.24, 2.45) is 16.8 Å². The van der Waals surface area contributed by atoms with Crippen molar-refractivity contribution in [2.45, 2.75) is 52.6 Å². The summed E-state index contributed by atoms with van der Waals surface area (Å²) >= 11 is 0. The van der Waals surface area contributed by atoms with Gasteiger partial charge >= 0.3 is 0 Å². The van der Waals surface area contributed by atoms with Gasteiger partial charge in [-0.15, -0.1) is 0 Å². The number of fused-ring (bicyclic) bond motifs is 1. The molecule has 0 amide bonds. The summed E-state index contributed by atoms with van der Waals surface area (Å²) < 4.78 is 11.4. The first kappa shape index (κ1) is 9.97. The summed E-state index contributed by atoms with van der Waals surface area (Å²) in [5.74, 6) is 1.89. The second-order valence-electron chi connectivity index (χ2n) is 4.43. The van der Waals surface area contributed by atoms with Crippen molar-refractivity contribution < 1.29 is 9.47 Å². The molecule has 0 aliphatic carbocycles. The second-order valence-corrected chi connectivity index (χ2v) is 4.43. The van der Waals surface area contributed by atoms with E-state index in [1.165, 1.54) is 0 Å². The monoisotopic (exact) mass is 197 g/mol. The van der Waals surface area contributed by atoms with Crippen LogP contribution in [-0.4, -0.2) is 24.3 Å². The molecular formula is C11H19NO2. The summed E-state index contributed by atoms with van der Waals surface area (Å²) in [5, 5.41) is 0. The van der Waals surface area contributed by atoms with E-state index in [0.29, 0.717) is 17.9 Å². The van der Waals surface area contributed by atoms with Gasteiger partial charge in [-0.3, -0.25) is 0 Å². The Labute approximate surface area is 85.5 Å². The maximum absolute atomic E-state index is 5.88. The van der Waals surface area contributed by atoms with E-state index in [2.05, 4.69) is 25.8 Å². The van der Waals surface area contributed by atoms with Crippen molar-refractivity contribution in [3.05, 3.63) is 0 Å². The molecule has 0 saturated carbocycles. The summed E-state index contributed by atoms with van der Waals surface area (Å²) in [5.41, 5.74) is 0. The molecule has 2 aliphatic rings. The third kappa shape index (κ3) is 1.44. The van der Waals surface area contributed by atoms with Crippen LogP contribution in [0.15, 0.2) is 4.99 Å². The first-order chi connectivity index (χ1) is 6.63. The Morgan fingerprint density at radius 3 is 2.64 bits per heavy atom. The Hall–Kier alpha value is -0.570. The first-order valence-corrected chi connectivity index (χ1v) is 5.50. The van der Waals surface area contributed by atoms with Crippen molar-refractivity contribution >= 4 is 5.90 Å². The van der Waals surface area contributed by atoms with Gasteiger partial charge in [0, 0.05) is 6.92 Å².